The van der Waals surface area contributed by atoms with E-state index in [1.54, 1.807) is 0 Å². The van der Waals surface area contributed by atoms with Gasteiger partial charge in [-0.2, -0.15) is 0 Å². The van der Waals surface area contributed by atoms with Crippen molar-refractivity contribution in [1.82, 2.24) is 0 Å². The predicted molar refractivity (Wildman–Crippen MR) is 146 cm³/mol. The molecule has 0 aromatic heterocycles. The summed E-state index contributed by atoms with van der Waals surface area (Å²) in [5.74, 6) is 0.715. The highest BCUT2D eigenvalue weighted by molar-refractivity contribution is 6.05. The zero-order chi connectivity index (χ0) is 25.7. The molecule has 0 aliphatic heterocycles. The van der Waals surface area contributed by atoms with Crippen molar-refractivity contribution in [3.63, 3.8) is 0 Å². The molecule has 0 aliphatic carbocycles. The Morgan fingerprint density at radius 3 is 2.12 bits per heavy atom. The highest BCUT2D eigenvalue weighted by atomic mass is 16.5. The fourth-order valence-electron chi connectivity index (χ4n) is 3.45. The summed E-state index contributed by atoms with van der Waals surface area (Å²) in [6.45, 7) is 24.2. The Hall–Kier alpha value is -1.48. The van der Waals surface area contributed by atoms with Gasteiger partial charge in [0.05, 0.1) is 12.2 Å². The number of nitrogens with zero attached hydrogens (tertiary/aromatic N) is 1. The van der Waals surface area contributed by atoms with Crippen LogP contribution in [0.4, 0.5) is 0 Å². The second-order valence-electron chi connectivity index (χ2n) is 11.3. The highest BCUT2D eigenvalue weighted by Gasteiger charge is 2.16. The van der Waals surface area contributed by atoms with Crippen molar-refractivity contribution in [2.24, 2.45) is 16.3 Å². The number of ether oxygens (including phenoxy) is 1. The van der Waals surface area contributed by atoms with E-state index in [1.807, 2.05) is 19.9 Å². The molecule has 3 nitrogen and oxygen atoms in total. The third-order valence-electron chi connectivity index (χ3n) is 5.96. The SMILES string of the molecule is C\C=C(/N=C(C)/C(=C/CC)/C=C(\C)C(C)(C)C)C(=O)CCCCC(CCC)COC(C)(C)C. The number of Topliss-reactive ketones (excluding diaryl/α,β-unsaturated/α-hetero) is 1. The monoisotopic (exact) mass is 459 g/mol. The van der Waals surface area contributed by atoms with Gasteiger partial charge in [0, 0.05) is 12.1 Å². The Kier molecular flexibility index (Phi) is 14.7. The predicted octanol–water partition coefficient (Wildman–Crippen LogP) is 9.04. The molecule has 0 aromatic carbocycles. The Balaban J connectivity index is 5.04. The van der Waals surface area contributed by atoms with E-state index in [4.69, 9.17) is 9.73 Å². The molecule has 190 valence electrons. The molecule has 0 amide bonds. The van der Waals surface area contributed by atoms with Crippen molar-refractivity contribution < 1.29 is 9.53 Å². The van der Waals surface area contributed by atoms with Crippen LogP contribution in [0.2, 0.25) is 0 Å². The van der Waals surface area contributed by atoms with Gasteiger partial charge in [-0.1, -0.05) is 71.3 Å². The average Bonchev–Trinajstić information content (AvgIpc) is 2.71. The highest BCUT2D eigenvalue weighted by Crippen LogP contribution is 2.26. The molecule has 0 bridgehead atoms. The van der Waals surface area contributed by atoms with Gasteiger partial charge in [0.15, 0.2) is 5.78 Å². The van der Waals surface area contributed by atoms with Gasteiger partial charge < -0.3 is 4.74 Å². The van der Waals surface area contributed by atoms with Crippen LogP contribution in [0.3, 0.4) is 0 Å². The molecule has 1 unspecified atom stereocenters. The van der Waals surface area contributed by atoms with Gasteiger partial charge in [-0.3, -0.25) is 4.79 Å². The van der Waals surface area contributed by atoms with Crippen LogP contribution >= 0.6 is 0 Å². The van der Waals surface area contributed by atoms with Crippen molar-refractivity contribution in [2.45, 2.75) is 127 Å². The van der Waals surface area contributed by atoms with Crippen LogP contribution in [-0.4, -0.2) is 23.7 Å². The second-order valence-corrected chi connectivity index (χ2v) is 11.3. The van der Waals surface area contributed by atoms with Crippen molar-refractivity contribution in [3.05, 3.63) is 35.1 Å². The van der Waals surface area contributed by atoms with Gasteiger partial charge in [-0.15, -0.1) is 0 Å². The fourth-order valence-corrected chi connectivity index (χ4v) is 3.45. The van der Waals surface area contributed by atoms with Gasteiger partial charge in [-0.25, -0.2) is 4.99 Å². The zero-order valence-electron chi connectivity index (χ0n) is 23.7. The molecule has 0 saturated carbocycles. The van der Waals surface area contributed by atoms with E-state index in [9.17, 15) is 4.79 Å². The molecule has 0 rings (SSSR count). The maximum absolute atomic E-state index is 12.9. The summed E-state index contributed by atoms with van der Waals surface area (Å²) in [4.78, 5) is 17.6. The Morgan fingerprint density at radius 1 is 1.00 bits per heavy atom. The molecular weight excluding hydrogens is 406 g/mol. The Labute approximate surface area is 205 Å². The molecule has 0 radical (unpaired) electrons. The number of hydrogen-bond acceptors (Lipinski definition) is 3. The first-order valence-electron chi connectivity index (χ1n) is 13.0. The molecular formula is C30H53NO2. The largest absolute Gasteiger partial charge is 0.376 e. The molecule has 0 spiro atoms. The average molecular weight is 460 g/mol. The van der Waals surface area contributed by atoms with Gasteiger partial charge >= 0.3 is 0 Å². The van der Waals surface area contributed by atoms with Crippen LogP contribution in [-0.2, 0) is 9.53 Å². The number of carbonyl (C=O) groups excluding carboxylic acids is 1. The third-order valence-corrected chi connectivity index (χ3v) is 5.96. The lowest BCUT2D eigenvalue weighted by Crippen LogP contribution is -2.23. The van der Waals surface area contributed by atoms with E-state index in [1.165, 1.54) is 18.4 Å². The van der Waals surface area contributed by atoms with Crippen molar-refractivity contribution >= 4 is 11.5 Å². The molecule has 0 heterocycles. The first kappa shape index (κ1) is 31.5. The summed E-state index contributed by atoms with van der Waals surface area (Å²) in [5, 5.41) is 0. The lowest BCUT2D eigenvalue weighted by molar-refractivity contribution is -0.115. The van der Waals surface area contributed by atoms with Crippen LogP contribution < -0.4 is 0 Å². The molecule has 0 fully saturated rings. The second kappa shape index (κ2) is 15.4. The molecule has 0 aliphatic rings. The molecule has 0 saturated heterocycles. The van der Waals surface area contributed by atoms with Crippen LogP contribution in [0, 0.1) is 11.3 Å². The lowest BCUT2D eigenvalue weighted by atomic mass is 9.86. The van der Waals surface area contributed by atoms with E-state index in [-0.39, 0.29) is 16.8 Å². The lowest BCUT2D eigenvalue weighted by Gasteiger charge is -2.24. The summed E-state index contributed by atoms with van der Waals surface area (Å²) in [6, 6.07) is 0. The topological polar surface area (TPSA) is 38.7 Å². The van der Waals surface area contributed by atoms with E-state index in [0.717, 1.165) is 43.6 Å². The van der Waals surface area contributed by atoms with Gasteiger partial charge in [-0.05, 0) is 84.1 Å². The number of allylic oxidation sites excluding steroid dienone is 6. The molecule has 0 aromatic rings. The van der Waals surface area contributed by atoms with Crippen LogP contribution in [0.5, 0.6) is 0 Å². The maximum atomic E-state index is 12.9. The Morgan fingerprint density at radius 2 is 1.64 bits per heavy atom. The van der Waals surface area contributed by atoms with E-state index in [2.05, 4.69) is 74.5 Å². The van der Waals surface area contributed by atoms with Crippen LogP contribution in [0.25, 0.3) is 0 Å². The van der Waals surface area contributed by atoms with Crippen molar-refractivity contribution in [3.8, 4) is 0 Å². The number of hydrogen-bond donors (Lipinski definition) is 0. The van der Waals surface area contributed by atoms with E-state index >= 15 is 0 Å². The number of carbonyl (C=O) groups is 1. The molecule has 1 atom stereocenters. The van der Waals surface area contributed by atoms with Gasteiger partial charge in [0.1, 0.15) is 5.70 Å². The molecule has 33 heavy (non-hydrogen) atoms. The normalized spacial score (nSPS) is 15.7. The minimum absolute atomic E-state index is 0.0929. The number of rotatable bonds is 14. The smallest absolute Gasteiger partial charge is 0.180 e. The quantitative estimate of drug-likeness (QED) is 0.112. The zero-order valence-corrected chi connectivity index (χ0v) is 23.7. The van der Waals surface area contributed by atoms with Crippen LogP contribution in [0.15, 0.2) is 40.1 Å². The minimum Gasteiger partial charge on any atom is -0.376 e. The Bertz CT molecular complexity index is 709. The van der Waals surface area contributed by atoms with Gasteiger partial charge in [0.25, 0.3) is 0 Å². The van der Waals surface area contributed by atoms with Crippen molar-refractivity contribution in [1.29, 1.82) is 0 Å². The summed E-state index contributed by atoms with van der Waals surface area (Å²) < 4.78 is 6.01. The number of ketones is 1. The number of aliphatic imine (C=N–C) groups is 1. The standard InChI is InChI=1S/C30H53NO2/c1-12-17-25(22-33-30(9,10)11)19-15-16-20-28(32)27(14-3)31-24(5)26(18-13-2)21-23(4)29(6,7)8/h14,18,21,25H,12-13,15-17,19-20,22H2,1-11H3/b23-21+,26-18+,27-14-,31-24+. The van der Waals surface area contributed by atoms with Gasteiger partial charge in [0.2, 0.25) is 0 Å². The van der Waals surface area contributed by atoms with Crippen LogP contribution in [0.1, 0.15) is 121 Å². The third kappa shape index (κ3) is 14.4. The first-order chi connectivity index (χ1) is 15.2. The molecule has 0 N–H and O–H groups in total. The summed E-state index contributed by atoms with van der Waals surface area (Å²) >= 11 is 0. The fraction of sp³-hybridized carbons (Fsp3) is 0.733. The minimum atomic E-state index is -0.0929. The van der Waals surface area contributed by atoms with E-state index in [0.29, 0.717) is 18.0 Å². The summed E-state index contributed by atoms with van der Waals surface area (Å²) in [6.07, 6.45) is 13.2. The number of unbranched alkanes of at least 4 members (excludes halogenated alkanes) is 1. The first-order valence-corrected chi connectivity index (χ1v) is 13.0. The van der Waals surface area contributed by atoms with Crippen molar-refractivity contribution in [2.75, 3.05) is 6.61 Å². The molecule has 3 heteroatoms. The summed E-state index contributed by atoms with van der Waals surface area (Å²) in [5.41, 5.74) is 3.92. The van der Waals surface area contributed by atoms with E-state index < -0.39 is 0 Å². The maximum Gasteiger partial charge on any atom is 0.180 e. The summed E-state index contributed by atoms with van der Waals surface area (Å²) in [7, 11) is 0.